The maximum Gasteiger partial charge on any atom is 0.127 e. The van der Waals surface area contributed by atoms with E-state index in [1.807, 2.05) is 32.0 Å². The summed E-state index contributed by atoms with van der Waals surface area (Å²) in [6.45, 7) is 4.33. The molecule has 0 aromatic heterocycles. The third-order valence-electron chi connectivity index (χ3n) is 3.37. The summed E-state index contributed by atoms with van der Waals surface area (Å²) >= 11 is 0. The van der Waals surface area contributed by atoms with Gasteiger partial charge in [-0.15, -0.1) is 0 Å². The van der Waals surface area contributed by atoms with Crippen LogP contribution in [0.4, 0.5) is 4.39 Å². The first-order valence-corrected chi connectivity index (χ1v) is 7.76. The number of halogens is 1. The van der Waals surface area contributed by atoms with Crippen molar-refractivity contribution in [3.8, 4) is 0 Å². The van der Waals surface area contributed by atoms with E-state index in [0.29, 0.717) is 12.1 Å². The van der Waals surface area contributed by atoms with Gasteiger partial charge in [0.2, 0.25) is 0 Å². The number of benzene rings is 2. The van der Waals surface area contributed by atoms with Crippen molar-refractivity contribution in [3.05, 3.63) is 64.5 Å². The zero-order chi connectivity index (χ0) is 14.7. The first kappa shape index (κ1) is 14.9. The van der Waals surface area contributed by atoms with Crippen LogP contribution < -0.4 is 5.73 Å². The molecule has 2 aromatic rings. The van der Waals surface area contributed by atoms with Gasteiger partial charge in [0.15, 0.2) is 0 Å². The molecule has 106 valence electrons. The predicted octanol–water partition coefficient (Wildman–Crippen LogP) is 3.21. The molecule has 0 saturated carbocycles. The minimum absolute atomic E-state index is 0.169. The molecule has 1 atom stereocenters. The van der Waals surface area contributed by atoms with Gasteiger partial charge in [-0.3, -0.25) is 4.21 Å². The zero-order valence-electron chi connectivity index (χ0n) is 11.7. The maximum absolute atomic E-state index is 13.8. The van der Waals surface area contributed by atoms with E-state index in [2.05, 4.69) is 0 Å². The van der Waals surface area contributed by atoms with Crippen LogP contribution in [0.2, 0.25) is 0 Å². The normalized spacial score (nSPS) is 12.4. The van der Waals surface area contributed by atoms with Gasteiger partial charge in [-0.1, -0.05) is 18.2 Å². The molecule has 0 aliphatic rings. The summed E-state index contributed by atoms with van der Waals surface area (Å²) in [6, 6.07) is 10.4. The number of aryl methyl sites for hydroxylation is 2. The highest BCUT2D eigenvalue weighted by Crippen LogP contribution is 2.19. The van der Waals surface area contributed by atoms with E-state index in [-0.39, 0.29) is 11.6 Å². The Balaban J connectivity index is 2.25. The average molecular weight is 291 g/mol. The van der Waals surface area contributed by atoms with Crippen molar-refractivity contribution >= 4 is 10.8 Å². The van der Waals surface area contributed by atoms with Gasteiger partial charge in [-0.2, -0.15) is 0 Å². The van der Waals surface area contributed by atoms with Gasteiger partial charge < -0.3 is 5.73 Å². The largest absolute Gasteiger partial charge is 0.326 e. The number of hydrogen-bond donors (Lipinski definition) is 1. The molecule has 2 N–H and O–H groups in total. The van der Waals surface area contributed by atoms with Crippen molar-refractivity contribution in [1.29, 1.82) is 0 Å². The lowest BCUT2D eigenvalue weighted by Gasteiger charge is -2.08. The van der Waals surface area contributed by atoms with E-state index in [4.69, 9.17) is 5.73 Å². The summed E-state index contributed by atoms with van der Waals surface area (Å²) in [5, 5.41) is 0. The van der Waals surface area contributed by atoms with Crippen molar-refractivity contribution in [1.82, 2.24) is 0 Å². The quantitative estimate of drug-likeness (QED) is 0.940. The lowest BCUT2D eigenvalue weighted by molar-refractivity contribution is 0.614. The molecule has 0 heterocycles. The van der Waals surface area contributed by atoms with Crippen LogP contribution in [0.15, 0.2) is 41.3 Å². The Morgan fingerprint density at radius 2 is 1.85 bits per heavy atom. The van der Waals surface area contributed by atoms with E-state index < -0.39 is 10.8 Å². The lowest BCUT2D eigenvalue weighted by Crippen LogP contribution is -2.03. The summed E-state index contributed by atoms with van der Waals surface area (Å²) in [6.07, 6.45) is 0. The topological polar surface area (TPSA) is 43.1 Å². The Hall–Kier alpha value is -1.52. The molecule has 0 bridgehead atoms. The fourth-order valence-corrected chi connectivity index (χ4v) is 3.14. The Labute approximate surface area is 121 Å². The molecule has 0 spiro atoms. The molecular weight excluding hydrogens is 273 g/mol. The molecule has 0 aliphatic carbocycles. The summed E-state index contributed by atoms with van der Waals surface area (Å²) in [5.74, 6) is -0.165. The van der Waals surface area contributed by atoms with Gasteiger partial charge in [0, 0.05) is 17.0 Å². The molecule has 1 unspecified atom stereocenters. The van der Waals surface area contributed by atoms with Gasteiger partial charge in [-0.25, -0.2) is 4.39 Å². The van der Waals surface area contributed by atoms with E-state index in [1.165, 1.54) is 6.07 Å². The number of hydrogen-bond acceptors (Lipinski definition) is 2. The van der Waals surface area contributed by atoms with Crippen molar-refractivity contribution < 1.29 is 8.60 Å². The van der Waals surface area contributed by atoms with Crippen LogP contribution in [0.1, 0.15) is 22.3 Å². The first-order chi connectivity index (χ1) is 9.51. The predicted molar refractivity (Wildman–Crippen MR) is 80.3 cm³/mol. The molecule has 0 aliphatic heterocycles. The molecule has 2 aromatic carbocycles. The molecule has 2 rings (SSSR count). The van der Waals surface area contributed by atoms with E-state index >= 15 is 0 Å². The fourth-order valence-electron chi connectivity index (χ4n) is 1.95. The standard InChI is InChI=1S/C16H18FNOS/c1-11-3-5-15(7-12(11)2)20(19)10-14-8-13(9-18)4-6-16(14)17/h3-8H,9-10,18H2,1-2H3. The second-order valence-corrected chi connectivity index (χ2v) is 6.32. The zero-order valence-corrected chi connectivity index (χ0v) is 12.5. The monoisotopic (exact) mass is 291 g/mol. The number of rotatable bonds is 4. The van der Waals surface area contributed by atoms with E-state index in [1.54, 1.807) is 12.1 Å². The van der Waals surface area contributed by atoms with Crippen LogP contribution >= 0.6 is 0 Å². The third-order valence-corrected chi connectivity index (χ3v) is 4.73. The summed E-state index contributed by atoms with van der Waals surface area (Å²) in [7, 11) is -1.25. The Bertz CT molecular complexity index is 655. The minimum atomic E-state index is -1.25. The average Bonchev–Trinajstić information content (AvgIpc) is 2.44. The third kappa shape index (κ3) is 3.32. The van der Waals surface area contributed by atoms with Crippen LogP contribution in [0.5, 0.6) is 0 Å². The lowest BCUT2D eigenvalue weighted by atomic mass is 10.1. The van der Waals surface area contributed by atoms with Crippen LogP contribution in [-0.4, -0.2) is 4.21 Å². The van der Waals surface area contributed by atoms with Crippen molar-refractivity contribution in [2.45, 2.75) is 31.0 Å². The minimum Gasteiger partial charge on any atom is -0.326 e. The molecule has 0 radical (unpaired) electrons. The molecule has 2 nitrogen and oxygen atoms in total. The fraction of sp³-hybridized carbons (Fsp3) is 0.250. The van der Waals surface area contributed by atoms with Gasteiger partial charge in [0.05, 0.1) is 16.6 Å². The molecule has 0 amide bonds. The summed E-state index contributed by atoms with van der Waals surface area (Å²) < 4.78 is 26.1. The van der Waals surface area contributed by atoms with Crippen molar-refractivity contribution in [3.63, 3.8) is 0 Å². The van der Waals surface area contributed by atoms with Crippen LogP contribution in [-0.2, 0) is 23.1 Å². The smallest absolute Gasteiger partial charge is 0.127 e. The van der Waals surface area contributed by atoms with E-state index in [9.17, 15) is 8.60 Å². The maximum atomic E-state index is 13.8. The molecule has 0 saturated heterocycles. The molecule has 20 heavy (non-hydrogen) atoms. The summed E-state index contributed by atoms with van der Waals surface area (Å²) in [4.78, 5) is 0.727. The highest BCUT2D eigenvalue weighted by molar-refractivity contribution is 7.84. The molecular formula is C16H18FNOS. The Kier molecular flexibility index (Phi) is 4.68. The van der Waals surface area contributed by atoms with Crippen LogP contribution in [0, 0.1) is 19.7 Å². The van der Waals surface area contributed by atoms with Gasteiger partial charge in [-0.05, 0) is 48.7 Å². The highest BCUT2D eigenvalue weighted by Gasteiger charge is 2.10. The van der Waals surface area contributed by atoms with Crippen LogP contribution in [0.3, 0.4) is 0 Å². The Morgan fingerprint density at radius 3 is 2.50 bits per heavy atom. The SMILES string of the molecule is Cc1ccc(S(=O)Cc2cc(CN)ccc2F)cc1C. The Morgan fingerprint density at radius 1 is 1.10 bits per heavy atom. The summed E-state index contributed by atoms with van der Waals surface area (Å²) in [5.41, 5.74) is 9.09. The molecule has 0 fully saturated rings. The second-order valence-electron chi connectivity index (χ2n) is 4.87. The van der Waals surface area contributed by atoms with Gasteiger partial charge in [0.25, 0.3) is 0 Å². The van der Waals surface area contributed by atoms with Gasteiger partial charge >= 0.3 is 0 Å². The van der Waals surface area contributed by atoms with Crippen molar-refractivity contribution in [2.24, 2.45) is 5.73 Å². The second kappa shape index (κ2) is 6.29. The highest BCUT2D eigenvalue weighted by atomic mass is 32.2. The van der Waals surface area contributed by atoms with Crippen molar-refractivity contribution in [2.75, 3.05) is 0 Å². The van der Waals surface area contributed by atoms with Crippen LogP contribution in [0.25, 0.3) is 0 Å². The van der Waals surface area contributed by atoms with E-state index in [0.717, 1.165) is 21.6 Å². The van der Waals surface area contributed by atoms with Gasteiger partial charge in [0.1, 0.15) is 5.82 Å². The molecule has 4 heteroatoms. The number of nitrogens with two attached hydrogens (primary N) is 1. The first-order valence-electron chi connectivity index (χ1n) is 6.44.